The van der Waals surface area contributed by atoms with Gasteiger partial charge in [-0.1, -0.05) is 30.3 Å². The van der Waals surface area contributed by atoms with Gasteiger partial charge in [0.2, 0.25) is 5.95 Å². The number of hydrogen-bond acceptors (Lipinski definition) is 6. The van der Waals surface area contributed by atoms with Gasteiger partial charge < -0.3 is 19.4 Å². The molecule has 206 valence electrons. The first kappa shape index (κ1) is 26.0. The van der Waals surface area contributed by atoms with E-state index in [0.717, 1.165) is 34.7 Å². The van der Waals surface area contributed by atoms with Crippen molar-refractivity contribution >= 4 is 16.9 Å². The maximum absolute atomic E-state index is 15.7. The van der Waals surface area contributed by atoms with E-state index in [1.807, 2.05) is 30.3 Å². The molecule has 0 fully saturated rings. The number of alkyl halides is 3. The molecule has 0 atom stereocenters. The minimum absolute atomic E-state index is 0.0508. The lowest BCUT2D eigenvalue weighted by atomic mass is 9.97. The summed E-state index contributed by atoms with van der Waals surface area (Å²) in [6.07, 6.45) is -0.726. The molecule has 0 radical (unpaired) electrons. The van der Waals surface area contributed by atoms with E-state index in [1.165, 1.54) is 6.07 Å². The summed E-state index contributed by atoms with van der Waals surface area (Å²) in [5, 5.41) is 8.07. The van der Waals surface area contributed by atoms with Crippen molar-refractivity contribution in [1.29, 1.82) is 0 Å². The molecule has 1 aliphatic rings. The molecule has 0 amide bonds. The zero-order valence-electron chi connectivity index (χ0n) is 21.1. The highest BCUT2D eigenvalue weighted by Gasteiger charge is 2.32. The normalized spacial score (nSPS) is 13.7. The van der Waals surface area contributed by atoms with E-state index >= 15 is 4.39 Å². The van der Waals surface area contributed by atoms with E-state index < -0.39 is 17.6 Å². The van der Waals surface area contributed by atoms with Crippen LogP contribution in [0.15, 0.2) is 61.1 Å². The van der Waals surface area contributed by atoms with E-state index in [0.29, 0.717) is 41.8 Å². The van der Waals surface area contributed by atoms with Crippen LogP contribution in [0, 0.1) is 5.82 Å². The Balaban J connectivity index is 1.21. The Morgan fingerprint density at radius 3 is 2.55 bits per heavy atom. The smallest absolute Gasteiger partial charge is 0.361 e. The molecule has 2 N–H and O–H groups in total. The molecule has 0 unspecified atom stereocenters. The first-order chi connectivity index (χ1) is 19.4. The zero-order valence-corrected chi connectivity index (χ0v) is 21.1. The van der Waals surface area contributed by atoms with Crippen molar-refractivity contribution in [1.82, 2.24) is 25.1 Å². The summed E-state index contributed by atoms with van der Waals surface area (Å²) < 4.78 is 65.7. The molecular formula is C28H24F4N6O2. The molecule has 2 aromatic carbocycles. The summed E-state index contributed by atoms with van der Waals surface area (Å²) >= 11 is 0. The monoisotopic (exact) mass is 552 g/mol. The molecule has 0 bridgehead atoms. The Labute approximate surface area is 226 Å². The Bertz CT molecular complexity index is 1620. The van der Waals surface area contributed by atoms with E-state index in [2.05, 4.69) is 25.1 Å². The predicted molar refractivity (Wildman–Crippen MR) is 139 cm³/mol. The molecule has 4 heterocycles. The standard InChI is InChI=1S/C28H24F4N6O2/c29-22-10-18(15-40-16-39-14-17-4-2-1-3-5-17)25-20(6-8-33-25)24(22)26-21-13-38(9-7-23(21)36-37-26)27-34-11-19(12-35-27)28(30,31)32/h1-6,8,10-12,33H,7,9,13-16H2,(H,36,37). The van der Waals surface area contributed by atoms with Gasteiger partial charge in [0.1, 0.15) is 18.3 Å². The third kappa shape index (κ3) is 5.15. The Morgan fingerprint density at radius 1 is 1.00 bits per heavy atom. The fourth-order valence-corrected chi connectivity index (χ4v) is 4.87. The molecule has 0 spiro atoms. The van der Waals surface area contributed by atoms with Crippen LogP contribution < -0.4 is 4.90 Å². The molecule has 1 aliphatic heterocycles. The lowest BCUT2D eigenvalue weighted by Crippen LogP contribution is -2.31. The minimum Gasteiger partial charge on any atom is -0.361 e. The summed E-state index contributed by atoms with van der Waals surface area (Å²) in [5.74, 6) is -0.298. The van der Waals surface area contributed by atoms with Crippen LogP contribution in [0.25, 0.3) is 22.2 Å². The van der Waals surface area contributed by atoms with Crippen LogP contribution >= 0.6 is 0 Å². The Morgan fingerprint density at radius 2 is 1.77 bits per heavy atom. The van der Waals surface area contributed by atoms with Gasteiger partial charge in [-0.2, -0.15) is 18.3 Å². The molecule has 5 aromatic rings. The van der Waals surface area contributed by atoms with Crippen LogP contribution in [0.1, 0.15) is 27.9 Å². The van der Waals surface area contributed by atoms with Crippen molar-refractivity contribution in [3.8, 4) is 11.3 Å². The molecular weight excluding hydrogens is 528 g/mol. The van der Waals surface area contributed by atoms with Crippen LogP contribution in [0.3, 0.4) is 0 Å². The van der Waals surface area contributed by atoms with E-state index in [1.54, 1.807) is 17.2 Å². The lowest BCUT2D eigenvalue weighted by molar-refractivity contribution is -0.138. The number of H-pyrrole nitrogens is 2. The second-order valence-corrected chi connectivity index (χ2v) is 9.43. The van der Waals surface area contributed by atoms with E-state index in [-0.39, 0.29) is 25.9 Å². The average Bonchev–Trinajstić information content (AvgIpc) is 3.61. The van der Waals surface area contributed by atoms with Crippen LogP contribution in [-0.4, -0.2) is 38.5 Å². The van der Waals surface area contributed by atoms with Gasteiger partial charge in [0.15, 0.2) is 0 Å². The van der Waals surface area contributed by atoms with Gasteiger partial charge in [0.25, 0.3) is 0 Å². The van der Waals surface area contributed by atoms with Gasteiger partial charge in [-0.3, -0.25) is 5.10 Å². The SMILES string of the molecule is Fc1cc(COCOCc2ccccc2)c2[nH]ccc2c1-c1n[nH]c2c1CN(c1ncc(C(F)(F)F)cn1)CC2. The van der Waals surface area contributed by atoms with Crippen LogP contribution in [-0.2, 0) is 41.8 Å². The number of halogens is 4. The number of anilines is 1. The van der Waals surface area contributed by atoms with Crippen LogP contribution in [0.4, 0.5) is 23.5 Å². The maximum Gasteiger partial charge on any atom is 0.419 e. The zero-order chi connectivity index (χ0) is 27.7. The quantitative estimate of drug-likeness (QED) is 0.145. The number of rotatable bonds is 8. The van der Waals surface area contributed by atoms with Gasteiger partial charge >= 0.3 is 6.18 Å². The summed E-state index contributed by atoms with van der Waals surface area (Å²) in [5.41, 5.74) is 3.81. The predicted octanol–water partition coefficient (Wildman–Crippen LogP) is 5.76. The molecule has 0 aliphatic carbocycles. The van der Waals surface area contributed by atoms with Gasteiger partial charge in [-0.25, -0.2) is 14.4 Å². The van der Waals surface area contributed by atoms with Gasteiger partial charge in [-0.15, -0.1) is 0 Å². The molecule has 3 aromatic heterocycles. The molecule has 40 heavy (non-hydrogen) atoms. The fourth-order valence-electron chi connectivity index (χ4n) is 4.87. The first-order valence-electron chi connectivity index (χ1n) is 12.6. The molecule has 6 rings (SSSR count). The van der Waals surface area contributed by atoms with E-state index in [4.69, 9.17) is 9.47 Å². The lowest BCUT2D eigenvalue weighted by Gasteiger charge is -2.27. The first-order valence-corrected chi connectivity index (χ1v) is 12.6. The third-order valence-electron chi connectivity index (χ3n) is 6.83. The number of aromatic nitrogens is 5. The number of fused-ring (bicyclic) bond motifs is 2. The fraction of sp³-hybridized carbons (Fsp3) is 0.250. The van der Waals surface area contributed by atoms with Gasteiger partial charge in [-0.05, 0) is 17.7 Å². The molecule has 0 saturated carbocycles. The van der Waals surface area contributed by atoms with E-state index in [9.17, 15) is 13.2 Å². The van der Waals surface area contributed by atoms with Crippen LogP contribution in [0.5, 0.6) is 0 Å². The number of benzene rings is 2. The van der Waals surface area contributed by atoms with Crippen molar-refractivity contribution in [3.63, 3.8) is 0 Å². The molecule has 8 nitrogen and oxygen atoms in total. The van der Waals surface area contributed by atoms with Crippen molar-refractivity contribution in [3.05, 3.63) is 94.8 Å². The Kier molecular flexibility index (Phi) is 6.95. The van der Waals surface area contributed by atoms with Crippen molar-refractivity contribution in [2.45, 2.75) is 32.4 Å². The third-order valence-corrected chi connectivity index (χ3v) is 6.83. The maximum atomic E-state index is 15.7. The topological polar surface area (TPSA) is 92.0 Å². The summed E-state index contributed by atoms with van der Waals surface area (Å²) in [7, 11) is 0. The number of nitrogens with zero attached hydrogens (tertiary/aromatic N) is 4. The number of hydrogen-bond donors (Lipinski definition) is 2. The Hall–Kier alpha value is -4.29. The number of aromatic amines is 2. The summed E-state index contributed by atoms with van der Waals surface area (Å²) in [6.45, 7) is 1.34. The van der Waals surface area contributed by atoms with Gasteiger partial charge in [0, 0.05) is 65.9 Å². The average molecular weight is 553 g/mol. The highest BCUT2D eigenvalue weighted by molar-refractivity contribution is 5.97. The van der Waals surface area contributed by atoms with Crippen molar-refractivity contribution < 1.29 is 27.0 Å². The summed E-state index contributed by atoms with van der Waals surface area (Å²) in [4.78, 5) is 12.8. The summed E-state index contributed by atoms with van der Waals surface area (Å²) in [6, 6.07) is 12.9. The van der Waals surface area contributed by atoms with Crippen molar-refractivity contribution in [2.24, 2.45) is 0 Å². The second kappa shape index (κ2) is 10.7. The molecule has 12 heteroatoms. The number of ether oxygens (including phenoxy) is 2. The second-order valence-electron chi connectivity index (χ2n) is 9.43. The van der Waals surface area contributed by atoms with Crippen molar-refractivity contribution in [2.75, 3.05) is 18.2 Å². The van der Waals surface area contributed by atoms with Crippen LogP contribution in [0.2, 0.25) is 0 Å². The number of nitrogens with one attached hydrogen (secondary N) is 2. The van der Waals surface area contributed by atoms with Gasteiger partial charge in [0.05, 0.1) is 24.3 Å². The highest BCUT2D eigenvalue weighted by atomic mass is 19.4. The minimum atomic E-state index is -4.52. The molecule has 0 saturated heterocycles. The largest absolute Gasteiger partial charge is 0.419 e. The highest BCUT2D eigenvalue weighted by Crippen LogP contribution is 2.37.